The second-order valence-corrected chi connectivity index (χ2v) is 6.39. The number of nitrogens with zero attached hydrogens (tertiary/aromatic N) is 2. The Hall–Kier alpha value is -2.33. The van der Waals surface area contributed by atoms with E-state index in [9.17, 15) is 4.79 Å². The molecule has 0 saturated heterocycles. The van der Waals surface area contributed by atoms with Crippen LogP contribution < -0.4 is 0 Å². The fourth-order valence-corrected chi connectivity index (χ4v) is 2.94. The molecule has 1 aliphatic rings. The van der Waals surface area contributed by atoms with Gasteiger partial charge in [-0.1, -0.05) is 28.9 Å². The molecule has 0 aliphatic heterocycles. The van der Waals surface area contributed by atoms with Crippen molar-refractivity contribution in [3.05, 3.63) is 66.4 Å². The van der Waals surface area contributed by atoms with E-state index in [1.165, 1.54) is 0 Å². The lowest BCUT2D eigenvalue weighted by Gasteiger charge is -2.24. The first-order valence-electron chi connectivity index (χ1n) is 7.85. The van der Waals surface area contributed by atoms with Crippen molar-refractivity contribution in [2.45, 2.75) is 18.3 Å². The van der Waals surface area contributed by atoms with Gasteiger partial charge in [0.05, 0.1) is 11.1 Å². The quantitative estimate of drug-likeness (QED) is 0.707. The van der Waals surface area contributed by atoms with Gasteiger partial charge in [-0.2, -0.15) is 0 Å². The van der Waals surface area contributed by atoms with Crippen molar-refractivity contribution in [2.75, 3.05) is 13.1 Å². The minimum atomic E-state index is -0.569. The van der Waals surface area contributed by atoms with Crippen LogP contribution in [0.25, 0.3) is 11.3 Å². The van der Waals surface area contributed by atoms with Crippen LogP contribution in [0.4, 0.5) is 0 Å². The Labute approximate surface area is 146 Å². The monoisotopic (exact) mass is 342 g/mol. The third-order valence-electron chi connectivity index (χ3n) is 4.27. The molecule has 0 bridgehead atoms. The molecule has 2 aromatic rings. The molecule has 1 fully saturated rings. The molecule has 1 saturated carbocycles. The number of carbonyl (C=O) groups excluding carboxylic acids is 1. The van der Waals surface area contributed by atoms with Crippen LogP contribution in [0.3, 0.4) is 0 Å². The van der Waals surface area contributed by atoms with Crippen molar-refractivity contribution >= 4 is 17.5 Å². The van der Waals surface area contributed by atoms with E-state index < -0.39 is 5.41 Å². The van der Waals surface area contributed by atoms with E-state index in [4.69, 9.17) is 16.1 Å². The molecule has 1 aromatic carbocycles. The third kappa shape index (κ3) is 3.02. The van der Waals surface area contributed by atoms with Gasteiger partial charge in [-0.3, -0.25) is 4.79 Å². The standard InChI is InChI=1S/C19H19ClN2O2/c1-3-11-22(12-4-2)18(23)19(9-10-19)17-13-16(24-21-17)14-5-7-15(20)8-6-14/h3-8,13H,1-2,9-12H2. The van der Waals surface area contributed by atoms with Gasteiger partial charge >= 0.3 is 0 Å². The normalized spacial score (nSPS) is 14.9. The van der Waals surface area contributed by atoms with E-state index in [2.05, 4.69) is 18.3 Å². The molecule has 5 heteroatoms. The average molecular weight is 343 g/mol. The number of carbonyl (C=O) groups is 1. The van der Waals surface area contributed by atoms with Crippen LogP contribution in [0.15, 0.2) is 60.2 Å². The van der Waals surface area contributed by atoms with Gasteiger partial charge in [-0.05, 0) is 37.1 Å². The summed E-state index contributed by atoms with van der Waals surface area (Å²) in [5, 5.41) is 4.83. The zero-order valence-corrected chi connectivity index (χ0v) is 14.1. The first-order chi connectivity index (χ1) is 11.6. The van der Waals surface area contributed by atoms with Crippen LogP contribution in [0.5, 0.6) is 0 Å². The summed E-state index contributed by atoms with van der Waals surface area (Å²) in [6.45, 7) is 8.43. The predicted octanol–water partition coefficient (Wildman–Crippen LogP) is 4.23. The summed E-state index contributed by atoms with van der Waals surface area (Å²) < 4.78 is 5.46. The summed E-state index contributed by atoms with van der Waals surface area (Å²) in [6.07, 6.45) is 5.01. The Morgan fingerprint density at radius 2 is 1.88 bits per heavy atom. The first-order valence-corrected chi connectivity index (χ1v) is 8.23. The van der Waals surface area contributed by atoms with Crippen molar-refractivity contribution in [3.8, 4) is 11.3 Å². The largest absolute Gasteiger partial charge is 0.356 e. The van der Waals surface area contributed by atoms with Crippen LogP contribution in [-0.2, 0) is 10.2 Å². The number of amides is 1. The molecular formula is C19H19ClN2O2. The van der Waals surface area contributed by atoms with E-state index in [0.29, 0.717) is 29.6 Å². The molecule has 1 aliphatic carbocycles. The van der Waals surface area contributed by atoms with E-state index in [0.717, 1.165) is 18.4 Å². The summed E-state index contributed by atoms with van der Waals surface area (Å²) in [5.74, 6) is 0.693. The zero-order chi connectivity index (χ0) is 17.2. The van der Waals surface area contributed by atoms with Crippen molar-refractivity contribution in [2.24, 2.45) is 0 Å². The van der Waals surface area contributed by atoms with Crippen LogP contribution in [0, 0.1) is 0 Å². The van der Waals surface area contributed by atoms with Crippen LogP contribution in [0.1, 0.15) is 18.5 Å². The van der Waals surface area contributed by atoms with E-state index in [1.807, 2.05) is 18.2 Å². The lowest BCUT2D eigenvalue weighted by Crippen LogP contribution is -2.39. The highest BCUT2D eigenvalue weighted by Crippen LogP contribution is 2.49. The summed E-state index contributed by atoms with van der Waals surface area (Å²) in [6, 6.07) is 9.19. The lowest BCUT2D eigenvalue weighted by molar-refractivity contribution is -0.133. The number of hydrogen-bond acceptors (Lipinski definition) is 3. The topological polar surface area (TPSA) is 46.3 Å². The maximum Gasteiger partial charge on any atom is 0.235 e. The minimum absolute atomic E-state index is 0.0539. The number of benzene rings is 1. The van der Waals surface area contributed by atoms with Gasteiger partial charge in [-0.25, -0.2) is 0 Å². The molecule has 0 spiro atoms. The molecule has 0 unspecified atom stereocenters. The number of halogens is 1. The Balaban J connectivity index is 1.85. The van der Waals surface area contributed by atoms with Gasteiger partial charge in [0, 0.05) is 29.7 Å². The van der Waals surface area contributed by atoms with Crippen molar-refractivity contribution < 1.29 is 9.32 Å². The number of hydrogen-bond donors (Lipinski definition) is 0. The Morgan fingerprint density at radius 3 is 2.42 bits per heavy atom. The molecule has 1 heterocycles. The van der Waals surface area contributed by atoms with Gasteiger partial charge < -0.3 is 9.42 Å². The second-order valence-electron chi connectivity index (χ2n) is 5.95. The first kappa shape index (κ1) is 16.5. The lowest BCUT2D eigenvalue weighted by atomic mass is 9.99. The molecule has 0 N–H and O–H groups in total. The van der Waals surface area contributed by atoms with Gasteiger partial charge in [0.25, 0.3) is 0 Å². The predicted molar refractivity (Wildman–Crippen MR) is 94.8 cm³/mol. The molecule has 124 valence electrons. The van der Waals surface area contributed by atoms with Crippen molar-refractivity contribution in [1.82, 2.24) is 10.1 Å². The second kappa shape index (κ2) is 6.65. The molecule has 3 rings (SSSR count). The molecule has 24 heavy (non-hydrogen) atoms. The maximum absolute atomic E-state index is 12.9. The molecule has 1 aromatic heterocycles. The van der Waals surface area contributed by atoms with E-state index in [-0.39, 0.29) is 5.91 Å². The molecule has 4 nitrogen and oxygen atoms in total. The highest BCUT2D eigenvalue weighted by molar-refractivity contribution is 6.30. The fourth-order valence-electron chi connectivity index (χ4n) is 2.81. The van der Waals surface area contributed by atoms with Crippen molar-refractivity contribution in [1.29, 1.82) is 0 Å². The third-order valence-corrected chi connectivity index (χ3v) is 4.53. The van der Waals surface area contributed by atoms with E-state index >= 15 is 0 Å². The zero-order valence-electron chi connectivity index (χ0n) is 13.4. The number of aromatic nitrogens is 1. The smallest absolute Gasteiger partial charge is 0.235 e. The van der Waals surface area contributed by atoms with Gasteiger partial charge in [0.15, 0.2) is 5.76 Å². The van der Waals surface area contributed by atoms with Crippen molar-refractivity contribution in [3.63, 3.8) is 0 Å². The molecular weight excluding hydrogens is 324 g/mol. The summed E-state index contributed by atoms with van der Waals surface area (Å²) in [4.78, 5) is 14.7. The van der Waals surface area contributed by atoms with Crippen LogP contribution in [0.2, 0.25) is 5.02 Å². The molecule has 0 radical (unpaired) electrons. The van der Waals surface area contributed by atoms with E-state index in [1.54, 1.807) is 29.2 Å². The van der Waals surface area contributed by atoms with Crippen LogP contribution in [-0.4, -0.2) is 29.1 Å². The van der Waals surface area contributed by atoms with Gasteiger partial charge in [-0.15, -0.1) is 13.2 Å². The minimum Gasteiger partial charge on any atom is -0.356 e. The van der Waals surface area contributed by atoms with Gasteiger partial charge in [0.2, 0.25) is 5.91 Å². The SMILES string of the molecule is C=CCN(CC=C)C(=O)C1(c2cc(-c3ccc(Cl)cc3)on2)CC1. The average Bonchev–Trinajstić information content (AvgIpc) is 3.25. The van der Waals surface area contributed by atoms with Gasteiger partial charge in [0.1, 0.15) is 0 Å². The van der Waals surface area contributed by atoms with Crippen LogP contribution >= 0.6 is 11.6 Å². The molecule has 0 atom stereocenters. The summed E-state index contributed by atoms with van der Waals surface area (Å²) in [5.41, 5.74) is 1.01. The highest BCUT2D eigenvalue weighted by Gasteiger charge is 2.55. The number of rotatable bonds is 7. The Bertz CT molecular complexity index is 750. The Kier molecular flexibility index (Phi) is 4.58. The fraction of sp³-hybridized carbons (Fsp3) is 0.263. The summed E-state index contributed by atoms with van der Waals surface area (Å²) >= 11 is 5.91. The summed E-state index contributed by atoms with van der Waals surface area (Å²) in [7, 11) is 0. The highest BCUT2D eigenvalue weighted by atomic mass is 35.5. The maximum atomic E-state index is 12.9. The molecule has 1 amide bonds. The Morgan fingerprint density at radius 1 is 1.25 bits per heavy atom.